The smallest absolute Gasteiger partial charge is 0.327 e. The van der Waals surface area contributed by atoms with Crippen LogP contribution in [0.1, 0.15) is 11.6 Å². The third-order valence-corrected chi connectivity index (χ3v) is 6.07. The van der Waals surface area contributed by atoms with Crippen LogP contribution in [0.25, 0.3) is 10.2 Å². The van der Waals surface area contributed by atoms with E-state index in [4.69, 9.17) is 16.3 Å². The first kappa shape index (κ1) is 18.2. The van der Waals surface area contributed by atoms with Crippen LogP contribution in [0.2, 0.25) is 5.02 Å². The van der Waals surface area contributed by atoms with Crippen molar-refractivity contribution in [2.24, 2.45) is 0 Å². The summed E-state index contributed by atoms with van der Waals surface area (Å²) in [5.74, 6) is 0.668. The maximum Gasteiger partial charge on any atom is 0.327 e. The molecule has 27 heavy (non-hydrogen) atoms. The molecule has 0 spiro atoms. The van der Waals surface area contributed by atoms with Crippen LogP contribution >= 0.6 is 22.9 Å². The molecule has 0 bridgehead atoms. The van der Waals surface area contributed by atoms with E-state index in [1.807, 2.05) is 29.6 Å². The monoisotopic (exact) mass is 402 g/mol. The second-order valence-corrected chi connectivity index (χ2v) is 7.63. The maximum absolute atomic E-state index is 12.5. The molecule has 1 unspecified atom stereocenters. The van der Waals surface area contributed by atoms with E-state index in [9.17, 15) is 4.79 Å². The molecule has 8 heteroatoms. The SMILES string of the molecule is COC(=O)C(c1ccccc1Cl)N1CCN(c2ncnc3ccsc23)CC1. The van der Waals surface area contributed by atoms with Crippen LogP contribution in [0.3, 0.4) is 0 Å². The van der Waals surface area contributed by atoms with Gasteiger partial charge in [-0.25, -0.2) is 14.8 Å². The van der Waals surface area contributed by atoms with Crippen LogP contribution in [0.15, 0.2) is 42.0 Å². The fraction of sp³-hybridized carbons (Fsp3) is 0.316. The Morgan fingerprint density at radius 1 is 1.19 bits per heavy atom. The Morgan fingerprint density at radius 2 is 1.96 bits per heavy atom. The fourth-order valence-electron chi connectivity index (χ4n) is 3.47. The minimum Gasteiger partial charge on any atom is -0.468 e. The highest BCUT2D eigenvalue weighted by Crippen LogP contribution is 2.32. The van der Waals surface area contributed by atoms with Gasteiger partial charge in [0.1, 0.15) is 18.2 Å². The predicted octanol–water partition coefficient (Wildman–Crippen LogP) is 3.38. The highest BCUT2D eigenvalue weighted by Gasteiger charge is 2.33. The molecule has 6 nitrogen and oxygen atoms in total. The number of hydrogen-bond donors (Lipinski definition) is 0. The van der Waals surface area contributed by atoms with E-state index in [-0.39, 0.29) is 5.97 Å². The maximum atomic E-state index is 12.5. The summed E-state index contributed by atoms with van der Waals surface area (Å²) < 4.78 is 6.16. The average molecular weight is 403 g/mol. The molecule has 0 N–H and O–H groups in total. The lowest BCUT2D eigenvalue weighted by Crippen LogP contribution is -2.49. The number of carbonyl (C=O) groups excluding carboxylic acids is 1. The number of ether oxygens (including phenoxy) is 1. The summed E-state index contributed by atoms with van der Waals surface area (Å²) >= 11 is 8.01. The molecule has 4 rings (SSSR count). The average Bonchev–Trinajstić information content (AvgIpc) is 3.19. The zero-order valence-electron chi connectivity index (χ0n) is 14.8. The lowest BCUT2D eigenvalue weighted by molar-refractivity contribution is -0.147. The van der Waals surface area contributed by atoms with Crippen molar-refractivity contribution in [3.63, 3.8) is 0 Å². The Balaban J connectivity index is 1.56. The summed E-state index contributed by atoms with van der Waals surface area (Å²) in [6.45, 7) is 2.95. The molecule has 0 aliphatic carbocycles. The number of aromatic nitrogens is 2. The van der Waals surface area contributed by atoms with Gasteiger partial charge in [0.05, 0.1) is 17.3 Å². The van der Waals surface area contributed by atoms with E-state index in [2.05, 4.69) is 19.8 Å². The zero-order valence-corrected chi connectivity index (χ0v) is 16.4. The summed E-state index contributed by atoms with van der Waals surface area (Å²) in [5, 5.41) is 2.61. The molecular formula is C19H19ClN4O2S. The van der Waals surface area contributed by atoms with E-state index < -0.39 is 6.04 Å². The number of carbonyl (C=O) groups is 1. The second kappa shape index (κ2) is 7.80. The van der Waals surface area contributed by atoms with Gasteiger partial charge in [-0.05, 0) is 23.1 Å². The zero-order chi connectivity index (χ0) is 18.8. The Hall–Kier alpha value is -2.22. The van der Waals surface area contributed by atoms with Crippen molar-refractivity contribution >= 4 is 44.9 Å². The summed E-state index contributed by atoms with van der Waals surface area (Å²) in [6, 6.07) is 8.94. The first-order valence-electron chi connectivity index (χ1n) is 8.68. The van der Waals surface area contributed by atoms with Gasteiger partial charge in [-0.3, -0.25) is 4.90 Å². The lowest BCUT2D eigenvalue weighted by Gasteiger charge is -2.39. The van der Waals surface area contributed by atoms with Crippen molar-refractivity contribution < 1.29 is 9.53 Å². The molecule has 0 saturated carbocycles. The van der Waals surface area contributed by atoms with Crippen LogP contribution in [0, 0.1) is 0 Å². The first-order valence-corrected chi connectivity index (χ1v) is 9.94. The lowest BCUT2D eigenvalue weighted by atomic mass is 10.0. The number of fused-ring (bicyclic) bond motifs is 1. The van der Waals surface area contributed by atoms with Crippen LogP contribution < -0.4 is 4.90 Å². The Labute approximate surface area is 166 Å². The molecule has 1 aliphatic rings. The highest BCUT2D eigenvalue weighted by atomic mass is 35.5. The normalized spacial score (nSPS) is 16.4. The van der Waals surface area contributed by atoms with Gasteiger partial charge in [0.25, 0.3) is 0 Å². The van der Waals surface area contributed by atoms with E-state index in [0.717, 1.165) is 34.7 Å². The van der Waals surface area contributed by atoms with E-state index >= 15 is 0 Å². The fourth-order valence-corrected chi connectivity index (χ4v) is 4.58. The molecule has 1 fully saturated rings. The van der Waals surface area contributed by atoms with Crippen molar-refractivity contribution in [3.8, 4) is 0 Å². The van der Waals surface area contributed by atoms with Gasteiger partial charge in [0.15, 0.2) is 0 Å². The van der Waals surface area contributed by atoms with Crippen molar-refractivity contribution in [1.82, 2.24) is 14.9 Å². The van der Waals surface area contributed by atoms with E-state index in [0.29, 0.717) is 18.1 Å². The van der Waals surface area contributed by atoms with Gasteiger partial charge in [-0.15, -0.1) is 11.3 Å². The number of benzene rings is 1. The van der Waals surface area contributed by atoms with E-state index in [1.165, 1.54) is 7.11 Å². The molecule has 1 saturated heterocycles. The molecule has 1 aliphatic heterocycles. The van der Waals surface area contributed by atoms with Crippen molar-refractivity contribution in [2.75, 3.05) is 38.2 Å². The second-order valence-electron chi connectivity index (χ2n) is 6.30. The molecule has 2 aromatic heterocycles. The van der Waals surface area contributed by atoms with Gasteiger partial charge < -0.3 is 9.64 Å². The van der Waals surface area contributed by atoms with Crippen molar-refractivity contribution in [3.05, 3.63) is 52.6 Å². The summed E-state index contributed by atoms with van der Waals surface area (Å²) in [6.07, 6.45) is 1.61. The van der Waals surface area contributed by atoms with Gasteiger partial charge in [-0.2, -0.15) is 0 Å². The molecule has 140 valence electrons. The van der Waals surface area contributed by atoms with Crippen LogP contribution in [-0.4, -0.2) is 54.1 Å². The molecular weight excluding hydrogens is 384 g/mol. The third kappa shape index (κ3) is 3.50. The summed E-state index contributed by atoms with van der Waals surface area (Å²) in [7, 11) is 1.41. The first-order chi connectivity index (χ1) is 13.2. The summed E-state index contributed by atoms with van der Waals surface area (Å²) in [4.78, 5) is 25.7. The van der Waals surface area contributed by atoms with Gasteiger partial charge in [0.2, 0.25) is 0 Å². The Morgan fingerprint density at radius 3 is 2.70 bits per heavy atom. The molecule has 0 radical (unpaired) electrons. The number of hydrogen-bond acceptors (Lipinski definition) is 7. The number of esters is 1. The highest BCUT2D eigenvalue weighted by molar-refractivity contribution is 7.17. The van der Waals surface area contributed by atoms with Gasteiger partial charge in [-0.1, -0.05) is 29.8 Å². The van der Waals surface area contributed by atoms with Gasteiger partial charge >= 0.3 is 5.97 Å². The van der Waals surface area contributed by atoms with Crippen LogP contribution in [0.5, 0.6) is 0 Å². The van der Waals surface area contributed by atoms with Crippen molar-refractivity contribution in [1.29, 1.82) is 0 Å². The topological polar surface area (TPSA) is 58.6 Å². The predicted molar refractivity (Wildman–Crippen MR) is 107 cm³/mol. The largest absolute Gasteiger partial charge is 0.468 e. The van der Waals surface area contributed by atoms with E-state index in [1.54, 1.807) is 23.7 Å². The number of anilines is 1. The molecule has 1 aromatic carbocycles. The number of methoxy groups -OCH3 is 1. The standard InChI is InChI=1S/C19H19ClN4O2S/c1-26-19(25)16(13-4-2-3-5-14(13)20)23-7-9-24(10-8-23)18-17-15(6-11-27-17)21-12-22-18/h2-6,11-12,16H,7-10H2,1H3. The van der Waals surface area contributed by atoms with Crippen molar-refractivity contribution in [2.45, 2.75) is 6.04 Å². The minimum absolute atomic E-state index is 0.292. The quantitative estimate of drug-likeness (QED) is 0.623. The molecule has 1 atom stereocenters. The summed E-state index contributed by atoms with van der Waals surface area (Å²) in [5.41, 5.74) is 1.75. The van der Waals surface area contributed by atoms with Gasteiger partial charge in [0, 0.05) is 31.2 Å². The molecule has 3 heterocycles. The number of halogens is 1. The Kier molecular flexibility index (Phi) is 5.24. The Bertz CT molecular complexity index is 956. The molecule has 0 amide bonds. The molecule has 3 aromatic rings. The number of piperazine rings is 1. The minimum atomic E-state index is -0.502. The third-order valence-electron chi connectivity index (χ3n) is 4.83. The number of thiophene rings is 1. The number of nitrogens with zero attached hydrogens (tertiary/aromatic N) is 4. The van der Waals surface area contributed by atoms with Crippen LogP contribution in [-0.2, 0) is 9.53 Å². The van der Waals surface area contributed by atoms with Crippen LogP contribution in [0.4, 0.5) is 5.82 Å². The number of rotatable bonds is 4.